The molecule has 1 atom stereocenters. The van der Waals surface area contributed by atoms with E-state index in [1.165, 1.54) is 4.90 Å². The van der Waals surface area contributed by atoms with Gasteiger partial charge in [-0.2, -0.15) is 0 Å². The van der Waals surface area contributed by atoms with Crippen molar-refractivity contribution in [3.8, 4) is 0 Å². The average Bonchev–Trinajstić information content (AvgIpc) is 2.36. The van der Waals surface area contributed by atoms with E-state index in [0.29, 0.717) is 25.6 Å². The minimum Gasteiger partial charge on any atom is -0.465 e. The van der Waals surface area contributed by atoms with Gasteiger partial charge < -0.3 is 19.5 Å². The summed E-state index contributed by atoms with van der Waals surface area (Å²) in [7, 11) is 0. The predicted molar refractivity (Wildman–Crippen MR) is 78.2 cm³/mol. The summed E-state index contributed by atoms with van der Waals surface area (Å²) < 4.78 is 10.4. The van der Waals surface area contributed by atoms with Gasteiger partial charge in [0.15, 0.2) is 0 Å². The van der Waals surface area contributed by atoms with Gasteiger partial charge in [0.25, 0.3) is 0 Å². The Morgan fingerprint density at radius 1 is 1.33 bits per heavy atom. The summed E-state index contributed by atoms with van der Waals surface area (Å²) in [5.41, 5.74) is -0.483. The van der Waals surface area contributed by atoms with Crippen molar-refractivity contribution >= 4 is 12.1 Å². The molecule has 1 unspecified atom stereocenters. The first-order valence-corrected chi connectivity index (χ1v) is 7.55. The van der Waals surface area contributed by atoms with Crippen LogP contribution in [0.1, 0.15) is 46.5 Å². The van der Waals surface area contributed by atoms with Crippen LogP contribution in [0.4, 0.5) is 4.79 Å². The van der Waals surface area contributed by atoms with Gasteiger partial charge in [-0.05, 0) is 52.4 Å². The third-order valence-electron chi connectivity index (χ3n) is 3.33. The van der Waals surface area contributed by atoms with Crippen molar-refractivity contribution in [3.63, 3.8) is 0 Å². The molecule has 6 heteroatoms. The molecule has 1 aliphatic rings. The zero-order valence-electron chi connectivity index (χ0n) is 13.3. The number of amides is 1. The van der Waals surface area contributed by atoms with Gasteiger partial charge in [0.2, 0.25) is 0 Å². The summed E-state index contributed by atoms with van der Waals surface area (Å²) in [6, 6.07) is 0. The first kappa shape index (κ1) is 17.8. The highest BCUT2D eigenvalue weighted by atomic mass is 16.6. The minimum atomic E-state index is -0.833. The van der Waals surface area contributed by atoms with Crippen molar-refractivity contribution < 1.29 is 24.2 Å². The third-order valence-corrected chi connectivity index (χ3v) is 3.33. The summed E-state index contributed by atoms with van der Waals surface area (Å²) in [4.78, 5) is 23.8. The molecule has 1 N–H and O–H groups in total. The number of hydrogen-bond acceptors (Lipinski definition) is 4. The molecular formula is C15H27NO5. The molecule has 0 aromatic heterocycles. The predicted octanol–water partition coefficient (Wildman–Crippen LogP) is 2.51. The Bertz CT molecular complexity index is 350. The highest BCUT2D eigenvalue weighted by Gasteiger charge is 2.22. The summed E-state index contributed by atoms with van der Waals surface area (Å²) in [5, 5.41) is 8.97. The van der Waals surface area contributed by atoms with Gasteiger partial charge in [0.05, 0.1) is 0 Å². The van der Waals surface area contributed by atoms with Crippen LogP contribution in [0.2, 0.25) is 0 Å². The lowest BCUT2D eigenvalue weighted by molar-refractivity contribution is -0.160. The quantitative estimate of drug-likeness (QED) is 0.602. The smallest absolute Gasteiger partial charge is 0.407 e. The van der Waals surface area contributed by atoms with Gasteiger partial charge in [-0.1, -0.05) is 0 Å². The lowest BCUT2D eigenvalue weighted by Crippen LogP contribution is -2.39. The van der Waals surface area contributed by atoms with E-state index in [9.17, 15) is 9.59 Å². The van der Waals surface area contributed by atoms with Crippen molar-refractivity contribution in [2.45, 2.75) is 52.1 Å². The zero-order valence-corrected chi connectivity index (χ0v) is 13.3. The van der Waals surface area contributed by atoms with Crippen molar-refractivity contribution in [1.29, 1.82) is 0 Å². The van der Waals surface area contributed by atoms with Crippen LogP contribution in [0.5, 0.6) is 0 Å². The van der Waals surface area contributed by atoms with Gasteiger partial charge in [0, 0.05) is 19.7 Å². The van der Waals surface area contributed by atoms with Gasteiger partial charge in [-0.15, -0.1) is 0 Å². The zero-order chi connectivity index (χ0) is 15.9. The topological polar surface area (TPSA) is 76.1 Å². The number of nitrogens with zero attached hydrogens (tertiary/aromatic N) is 1. The SMILES string of the molecule is CC(C)(C)OC(=O)COCCCC1CCCN(C(=O)O)C1. The van der Waals surface area contributed by atoms with E-state index in [4.69, 9.17) is 14.6 Å². The monoisotopic (exact) mass is 301 g/mol. The molecule has 0 spiro atoms. The molecule has 0 bridgehead atoms. The van der Waals surface area contributed by atoms with E-state index in [0.717, 1.165) is 25.7 Å². The first-order chi connectivity index (χ1) is 9.78. The second kappa shape index (κ2) is 8.22. The van der Waals surface area contributed by atoms with Crippen LogP contribution in [0, 0.1) is 5.92 Å². The average molecular weight is 301 g/mol. The molecule has 1 fully saturated rings. The summed E-state index contributed by atoms with van der Waals surface area (Å²) in [5.74, 6) is 0.0530. The molecule has 0 aliphatic carbocycles. The van der Waals surface area contributed by atoms with Gasteiger partial charge in [-0.25, -0.2) is 9.59 Å². The molecule has 1 saturated heterocycles. The highest BCUT2D eigenvalue weighted by Crippen LogP contribution is 2.21. The Balaban J connectivity index is 2.09. The fourth-order valence-electron chi connectivity index (χ4n) is 2.47. The fraction of sp³-hybridized carbons (Fsp3) is 0.867. The van der Waals surface area contributed by atoms with E-state index in [2.05, 4.69) is 0 Å². The third kappa shape index (κ3) is 7.90. The molecule has 0 aromatic rings. The van der Waals surface area contributed by atoms with Gasteiger partial charge in [-0.3, -0.25) is 0 Å². The van der Waals surface area contributed by atoms with E-state index >= 15 is 0 Å². The van der Waals surface area contributed by atoms with E-state index in [-0.39, 0.29) is 12.6 Å². The Labute approximate surface area is 126 Å². The maximum atomic E-state index is 11.4. The largest absolute Gasteiger partial charge is 0.465 e. The molecule has 0 saturated carbocycles. The maximum Gasteiger partial charge on any atom is 0.407 e. The minimum absolute atomic E-state index is 0.0246. The fourth-order valence-corrected chi connectivity index (χ4v) is 2.47. The second-order valence-corrected chi connectivity index (χ2v) is 6.52. The van der Waals surface area contributed by atoms with Crippen LogP contribution in [0.15, 0.2) is 0 Å². The Kier molecular flexibility index (Phi) is 6.95. The second-order valence-electron chi connectivity index (χ2n) is 6.52. The number of ether oxygens (including phenoxy) is 2. The molecule has 6 nitrogen and oxygen atoms in total. The lowest BCUT2D eigenvalue weighted by atomic mass is 9.94. The molecule has 1 rings (SSSR count). The Morgan fingerprint density at radius 2 is 2.05 bits per heavy atom. The maximum absolute atomic E-state index is 11.4. The summed E-state index contributed by atoms with van der Waals surface area (Å²) in [6.07, 6.45) is 2.92. The lowest BCUT2D eigenvalue weighted by Gasteiger charge is -2.30. The molecule has 1 amide bonds. The molecule has 0 radical (unpaired) electrons. The van der Waals surface area contributed by atoms with Crippen LogP contribution in [-0.4, -0.2) is 54.0 Å². The number of carbonyl (C=O) groups excluding carboxylic acids is 1. The van der Waals surface area contributed by atoms with Crippen LogP contribution < -0.4 is 0 Å². The molecule has 0 aromatic carbocycles. The number of piperidine rings is 1. The van der Waals surface area contributed by atoms with Gasteiger partial charge in [0.1, 0.15) is 12.2 Å². The number of carboxylic acid groups (broad SMARTS) is 1. The van der Waals surface area contributed by atoms with Crippen molar-refractivity contribution in [2.75, 3.05) is 26.3 Å². The van der Waals surface area contributed by atoms with E-state index < -0.39 is 11.7 Å². The summed E-state index contributed by atoms with van der Waals surface area (Å²) in [6.45, 7) is 7.20. The van der Waals surface area contributed by atoms with Crippen LogP contribution in [0.25, 0.3) is 0 Å². The molecule has 21 heavy (non-hydrogen) atoms. The van der Waals surface area contributed by atoms with Crippen LogP contribution >= 0.6 is 0 Å². The Hall–Kier alpha value is -1.30. The van der Waals surface area contributed by atoms with Crippen molar-refractivity contribution in [3.05, 3.63) is 0 Å². The molecule has 122 valence electrons. The number of hydrogen-bond donors (Lipinski definition) is 1. The number of likely N-dealkylation sites (tertiary alicyclic amines) is 1. The van der Waals surface area contributed by atoms with E-state index in [1.807, 2.05) is 20.8 Å². The summed E-state index contributed by atoms with van der Waals surface area (Å²) >= 11 is 0. The van der Waals surface area contributed by atoms with E-state index in [1.54, 1.807) is 0 Å². The number of rotatable bonds is 6. The normalized spacial score (nSPS) is 19.4. The molecule has 1 aliphatic heterocycles. The Morgan fingerprint density at radius 3 is 2.67 bits per heavy atom. The number of esters is 1. The highest BCUT2D eigenvalue weighted by molar-refractivity contribution is 5.71. The standard InChI is InChI=1S/C15H27NO5/c1-15(2,3)21-13(17)11-20-9-5-7-12-6-4-8-16(10-12)14(18)19/h12H,4-11H2,1-3H3,(H,18,19). The molecular weight excluding hydrogens is 274 g/mol. The first-order valence-electron chi connectivity index (χ1n) is 7.55. The van der Waals surface area contributed by atoms with Gasteiger partial charge >= 0.3 is 12.1 Å². The van der Waals surface area contributed by atoms with Crippen LogP contribution in [-0.2, 0) is 14.3 Å². The molecule has 1 heterocycles. The van der Waals surface area contributed by atoms with Crippen molar-refractivity contribution in [2.24, 2.45) is 5.92 Å². The number of carbonyl (C=O) groups is 2. The van der Waals surface area contributed by atoms with Crippen molar-refractivity contribution in [1.82, 2.24) is 4.90 Å². The van der Waals surface area contributed by atoms with Crippen LogP contribution in [0.3, 0.4) is 0 Å².